The quantitative estimate of drug-likeness (QED) is 0.865. The number of nitrogens with one attached hydrogen (secondary N) is 2. The summed E-state index contributed by atoms with van der Waals surface area (Å²) >= 11 is 5.01. The number of pyridine rings is 1. The Hall–Kier alpha value is -1.40. The molecule has 106 valence electrons. The van der Waals surface area contributed by atoms with Gasteiger partial charge in [0.15, 0.2) is 0 Å². The zero-order chi connectivity index (χ0) is 14.5. The zero-order valence-corrected chi connectivity index (χ0v) is 13.8. The predicted molar refractivity (Wildman–Crippen MR) is 86.4 cm³/mol. The third-order valence-corrected chi connectivity index (χ3v) is 4.36. The Bertz CT molecular complexity index is 612. The third kappa shape index (κ3) is 3.37. The van der Waals surface area contributed by atoms with E-state index in [9.17, 15) is 4.79 Å². The average Bonchev–Trinajstić information content (AvgIpc) is 2.92. The highest BCUT2D eigenvalue weighted by atomic mass is 79.9. The minimum atomic E-state index is -0.126. The number of nitrogens with zero attached hydrogens (tertiary/aromatic N) is 1. The summed E-state index contributed by atoms with van der Waals surface area (Å²) in [7, 11) is 1.75. The van der Waals surface area contributed by atoms with E-state index in [1.165, 1.54) is 10.4 Å². The molecule has 6 heteroatoms. The molecule has 4 nitrogen and oxygen atoms in total. The number of carbonyl (C=O) groups excluding carboxylic acids is 1. The van der Waals surface area contributed by atoms with Crippen LogP contribution in [0.1, 0.15) is 27.7 Å². The summed E-state index contributed by atoms with van der Waals surface area (Å²) in [6.07, 6.45) is 2.64. The summed E-state index contributed by atoms with van der Waals surface area (Å²) < 4.78 is 0.784. The van der Waals surface area contributed by atoms with Crippen molar-refractivity contribution in [1.82, 2.24) is 10.3 Å². The van der Waals surface area contributed by atoms with Gasteiger partial charge in [-0.25, -0.2) is 4.98 Å². The van der Waals surface area contributed by atoms with Gasteiger partial charge in [0.25, 0.3) is 5.91 Å². The fraction of sp³-hybridized carbons (Fsp3) is 0.286. The minimum Gasteiger partial charge on any atom is -0.372 e. The molecular formula is C14H16BrN3OS. The van der Waals surface area contributed by atoms with E-state index < -0.39 is 0 Å². The molecule has 0 unspecified atom stereocenters. The van der Waals surface area contributed by atoms with Crippen LogP contribution in [0.5, 0.6) is 0 Å². The molecule has 2 aromatic rings. The Morgan fingerprint density at radius 2 is 2.30 bits per heavy atom. The maximum absolute atomic E-state index is 12.3. The fourth-order valence-corrected chi connectivity index (χ4v) is 3.15. The summed E-state index contributed by atoms with van der Waals surface area (Å²) in [6, 6.07) is 3.87. The molecular weight excluding hydrogens is 338 g/mol. The molecule has 0 aromatic carbocycles. The third-order valence-electron chi connectivity index (χ3n) is 2.96. The van der Waals surface area contributed by atoms with E-state index in [0.717, 1.165) is 10.9 Å². The van der Waals surface area contributed by atoms with Crippen LogP contribution in [0.2, 0.25) is 0 Å². The van der Waals surface area contributed by atoms with Crippen molar-refractivity contribution >= 4 is 39.0 Å². The first kappa shape index (κ1) is 15.0. The highest BCUT2D eigenvalue weighted by Crippen LogP contribution is 2.19. The van der Waals surface area contributed by atoms with Crippen molar-refractivity contribution in [2.75, 3.05) is 12.4 Å². The Labute approximate surface area is 130 Å². The number of aryl methyl sites for hydroxylation is 1. The van der Waals surface area contributed by atoms with E-state index in [2.05, 4.69) is 49.9 Å². The number of hydrogen-bond donors (Lipinski definition) is 2. The van der Waals surface area contributed by atoms with Gasteiger partial charge in [0.1, 0.15) is 5.82 Å². The van der Waals surface area contributed by atoms with Crippen LogP contribution in [0, 0.1) is 0 Å². The maximum Gasteiger partial charge on any atom is 0.255 e. The van der Waals surface area contributed by atoms with Crippen LogP contribution in [0.15, 0.2) is 28.2 Å². The highest BCUT2D eigenvalue weighted by molar-refractivity contribution is 9.10. The van der Waals surface area contributed by atoms with Gasteiger partial charge >= 0.3 is 0 Å². The number of aromatic nitrogens is 1. The van der Waals surface area contributed by atoms with Gasteiger partial charge in [-0.05, 0) is 45.4 Å². The van der Waals surface area contributed by atoms with Crippen molar-refractivity contribution in [1.29, 1.82) is 0 Å². The largest absolute Gasteiger partial charge is 0.372 e. The number of halogens is 1. The van der Waals surface area contributed by atoms with Gasteiger partial charge in [-0.2, -0.15) is 0 Å². The molecule has 0 bridgehead atoms. The summed E-state index contributed by atoms with van der Waals surface area (Å²) in [6.45, 7) is 2.67. The summed E-state index contributed by atoms with van der Waals surface area (Å²) in [5.41, 5.74) is 1.83. The molecule has 1 amide bonds. The lowest BCUT2D eigenvalue weighted by Gasteiger charge is -2.09. The van der Waals surface area contributed by atoms with Crippen LogP contribution in [0.4, 0.5) is 5.82 Å². The van der Waals surface area contributed by atoms with Gasteiger partial charge in [0.2, 0.25) is 0 Å². The van der Waals surface area contributed by atoms with E-state index in [4.69, 9.17) is 0 Å². The van der Waals surface area contributed by atoms with E-state index in [1.54, 1.807) is 30.6 Å². The first-order valence-corrected chi connectivity index (χ1v) is 7.99. The summed E-state index contributed by atoms with van der Waals surface area (Å²) in [4.78, 5) is 17.6. The second kappa shape index (κ2) is 6.85. The smallest absolute Gasteiger partial charge is 0.255 e. The SMILES string of the molecule is CCc1ccsc1CNC(=O)c1cc(Br)cnc1NC. The van der Waals surface area contributed by atoms with Crippen molar-refractivity contribution in [2.24, 2.45) is 0 Å². The second-order valence-electron chi connectivity index (χ2n) is 4.20. The first-order chi connectivity index (χ1) is 9.65. The molecule has 2 rings (SSSR count). The number of amides is 1. The van der Waals surface area contributed by atoms with Gasteiger partial charge < -0.3 is 10.6 Å². The molecule has 0 aliphatic heterocycles. The number of carbonyl (C=O) groups is 1. The molecule has 0 fully saturated rings. The average molecular weight is 354 g/mol. The van der Waals surface area contributed by atoms with Crippen LogP contribution in [0.25, 0.3) is 0 Å². The lowest BCUT2D eigenvalue weighted by atomic mass is 10.2. The van der Waals surface area contributed by atoms with Crippen LogP contribution in [0.3, 0.4) is 0 Å². The van der Waals surface area contributed by atoms with Gasteiger partial charge in [0.05, 0.1) is 12.1 Å². The number of anilines is 1. The lowest BCUT2D eigenvalue weighted by molar-refractivity contribution is 0.0951. The first-order valence-electron chi connectivity index (χ1n) is 6.32. The Kier molecular flexibility index (Phi) is 5.14. The molecule has 2 aromatic heterocycles. The van der Waals surface area contributed by atoms with E-state index in [1.807, 2.05) is 0 Å². The molecule has 0 atom stereocenters. The Morgan fingerprint density at radius 1 is 1.50 bits per heavy atom. The monoisotopic (exact) mass is 353 g/mol. The number of thiophene rings is 1. The molecule has 0 saturated heterocycles. The van der Waals surface area contributed by atoms with E-state index in [-0.39, 0.29) is 5.91 Å². The predicted octanol–water partition coefficient (Wildman–Crippen LogP) is 3.44. The summed E-state index contributed by atoms with van der Waals surface area (Å²) in [5.74, 6) is 0.450. The fourth-order valence-electron chi connectivity index (χ4n) is 1.90. The number of hydrogen-bond acceptors (Lipinski definition) is 4. The number of rotatable bonds is 5. The summed E-state index contributed by atoms with van der Waals surface area (Å²) in [5, 5.41) is 7.93. The van der Waals surface area contributed by atoms with Crippen LogP contribution in [-0.2, 0) is 13.0 Å². The van der Waals surface area contributed by atoms with Gasteiger partial charge in [-0.1, -0.05) is 6.92 Å². The highest BCUT2D eigenvalue weighted by Gasteiger charge is 2.13. The van der Waals surface area contributed by atoms with Crippen LogP contribution < -0.4 is 10.6 Å². The van der Waals surface area contributed by atoms with Crippen molar-refractivity contribution in [3.8, 4) is 0 Å². The van der Waals surface area contributed by atoms with Gasteiger partial charge in [-0.15, -0.1) is 11.3 Å². The second-order valence-corrected chi connectivity index (χ2v) is 6.12. The Balaban J connectivity index is 2.11. The Morgan fingerprint density at radius 3 is 3.00 bits per heavy atom. The molecule has 0 spiro atoms. The zero-order valence-electron chi connectivity index (χ0n) is 11.4. The maximum atomic E-state index is 12.3. The van der Waals surface area contributed by atoms with Gasteiger partial charge in [0, 0.05) is 22.6 Å². The molecule has 2 heterocycles. The molecule has 2 N–H and O–H groups in total. The van der Waals surface area contributed by atoms with Crippen LogP contribution >= 0.6 is 27.3 Å². The van der Waals surface area contributed by atoms with Crippen molar-refractivity contribution in [3.63, 3.8) is 0 Å². The minimum absolute atomic E-state index is 0.126. The lowest BCUT2D eigenvalue weighted by Crippen LogP contribution is -2.24. The standard InChI is InChI=1S/C14H16BrN3OS/c1-3-9-4-5-20-12(9)8-18-14(19)11-6-10(15)7-17-13(11)16-2/h4-7H,3,8H2,1-2H3,(H,16,17)(H,18,19). The molecule has 0 aliphatic carbocycles. The van der Waals surface area contributed by atoms with Crippen molar-refractivity contribution in [2.45, 2.75) is 19.9 Å². The van der Waals surface area contributed by atoms with Gasteiger partial charge in [-0.3, -0.25) is 4.79 Å². The van der Waals surface area contributed by atoms with Crippen molar-refractivity contribution < 1.29 is 4.79 Å². The van der Waals surface area contributed by atoms with E-state index in [0.29, 0.717) is 17.9 Å². The molecule has 0 saturated carbocycles. The molecule has 0 radical (unpaired) electrons. The van der Waals surface area contributed by atoms with Crippen molar-refractivity contribution in [3.05, 3.63) is 44.2 Å². The molecule has 0 aliphatic rings. The van der Waals surface area contributed by atoms with Crippen LogP contribution in [-0.4, -0.2) is 17.9 Å². The normalized spacial score (nSPS) is 10.3. The topological polar surface area (TPSA) is 54.0 Å². The van der Waals surface area contributed by atoms with E-state index >= 15 is 0 Å². The molecule has 20 heavy (non-hydrogen) atoms.